The summed E-state index contributed by atoms with van der Waals surface area (Å²) < 4.78 is 5.13. The Bertz CT molecular complexity index is 334. The molecular formula is C12H16ClNO. The minimum absolute atomic E-state index is 0.709. The molecule has 2 rings (SSSR count). The van der Waals surface area contributed by atoms with Crippen LogP contribution in [0.2, 0.25) is 5.02 Å². The van der Waals surface area contributed by atoms with E-state index in [4.69, 9.17) is 16.3 Å². The molecule has 0 saturated carbocycles. The summed E-state index contributed by atoms with van der Waals surface area (Å²) in [6.07, 6.45) is 2.38. The van der Waals surface area contributed by atoms with Crippen LogP contribution in [0.3, 0.4) is 0 Å². The molecule has 1 unspecified atom stereocenters. The van der Waals surface area contributed by atoms with Crippen molar-refractivity contribution < 1.29 is 4.74 Å². The Hall–Kier alpha value is -0.730. The van der Waals surface area contributed by atoms with E-state index < -0.39 is 0 Å². The molecule has 0 aromatic heterocycles. The molecule has 15 heavy (non-hydrogen) atoms. The van der Waals surface area contributed by atoms with Crippen LogP contribution in [0.5, 0.6) is 5.75 Å². The number of ether oxygens (including phenoxy) is 1. The van der Waals surface area contributed by atoms with E-state index in [9.17, 15) is 0 Å². The third-order valence-corrected chi connectivity index (χ3v) is 3.20. The van der Waals surface area contributed by atoms with Crippen LogP contribution < -0.4 is 10.1 Å². The van der Waals surface area contributed by atoms with Crippen molar-refractivity contribution in [2.24, 2.45) is 5.92 Å². The van der Waals surface area contributed by atoms with Gasteiger partial charge in [-0.1, -0.05) is 17.7 Å². The Morgan fingerprint density at radius 2 is 2.40 bits per heavy atom. The zero-order valence-electron chi connectivity index (χ0n) is 8.92. The highest BCUT2D eigenvalue weighted by Crippen LogP contribution is 2.26. The summed E-state index contributed by atoms with van der Waals surface area (Å²) in [7, 11) is 1.64. The molecule has 0 spiro atoms. The topological polar surface area (TPSA) is 21.3 Å². The highest BCUT2D eigenvalue weighted by atomic mass is 35.5. The Balaban J connectivity index is 2.05. The summed E-state index contributed by atoms with van der Waals surface area (Å²) in [5.41, 5.74) is 1.30. The maximum Gasteiger partial charge on any atom is 0.137 e. The molecule has 1 aromatic rings. The molecule has 0 bridgehead atoms. The molecule has 1 N–H and O–H groups in total. The summed E-state index contributed by atoms with van der Waals surface area (Å²) in [5.74, 6) is 1.51. The van der Waals surface area contributed by atoms with Crippen LogP contribution >= 0.6 is 11.6 Å². The lowest BCUT2D eigenvalue weighted by molar-refractivity contribution is 0.414. The standard InChI is InChI=1S/C12H16ClNO/c1-15-12-3-2-9(7-11(12)13)6-10-4-5-14-8-10/h2-3,7,10,14H,4-6,8H2,1H3. The zero-order valence-corrected chi connectivity index (χ0v) is 9.68. The second kappa shape index (κ2) is 4.86. The smallest absolute Gasteiger partial charge is 0.137 e. The lowest BCUT2D eigenvalue weighted by Crippen LogP contribution is -2.10. The van der Waals surface area contributed by atoms with Gasteiger partial charge in [0.1, 0.15) is 5.75 Å². The number of halogens is 1. The summed E-state index contributed by atoms with van der Waals surface area (Å²) >= 11 is 6.07. The van der Waals surface area contributed by atoms with Gasteiger partial charge in [-0.25, -0.2) is 0 Å². The van der Waals surface area contributed by atoms with E-state index in [1.54, 1.807) is 7.11 Å². The fourth-order valence-corrected chi connectivity index (χ4v) is 2.34. The van der Waals surface area contributed by atoms with E-state index in [0.717, 1.165) is 31.2 Å². The van der Waals surface area contributed by atoms with Gasteiger partial charge in [0.05, 0.1) is 12.1 Å². The number of methoxy groups -OCH3 is 1. The number of benzene rings is 1. The Labute approximate surface area is 95.6 Å². The third-order valence-electron chi connectivity index (χ3n) is 2.90. The lowest BCUT2D eigenvalue weighted by Gasteiger charge is -2.10. The zero-order chi connectivity index (χ0) is 10.7. The molecule has 0 aliphatic carbocycles. The lowest BCUT2D eigenvalue weighted by atomic mass is 9.99. The van der Waals surface area contributed by atoms with Crippen molar-refractivity contribution >= 4 is 11.6 Å². The molecule has 82 valence electrons. The second-order valence-corrected chi connectivity index (χ2v) is 4.44. The molecule has 2 nitrogen and oxygen atoms in total. The first-order valence-corrected chi connectivity index (χ1v) is 5.70. The average molecular weight is 226 g/mol. The molecule has 0 radical (unpaired) electrons. The van der Waals surface area contributed by atoms with Gasteiger partial charge >= 0.3 is 0 Å². The Kier molecular flexibility index (Phi) is 3.49. The van der Waals surface area contributed by atoms with Crippen LogP contribution in [0.1, 0.15) is 12.0 Å². The van der Waals surface area contributed by atoms with Crippen molar-refractivity contribution in [1.82, 2.24) is 5.32 Å². The van der Waals surface area contributed by atoms with Gasteiger partial charge in [0, 0.05) is 0 Å². The van der Waals surface area contributed by atoms with E-state index in [2.05, 4.69) is 11.4 Å². The molecule has 1 atom stereocenters. The second-order valence-electron chi connectivity index (χ2n) is 4.03. The molecule has 1 aliphatic heterocycles. The van der Waals surface area contributed by atoms with Crippen LogP contribution in [0.4, 0.5) is 0 Å². The van der Waals surface area contributed by atoms with Gasteiger partial charge < -0.3 is 10.1 Å². The van der Waals surface area contributed by atoms with Crippen LogP contribution in [-0.2, 0) is 6.42 Å². The predicted octanol–water partition coefficient (Wildman–Crippen LogP) is 2.50. The largest absolute Gasteiger partial charge is 0.495 e. The first-order valence-electron chi connectivity index (χ1n) is 5.32. The average Bonchev–Trinajstić information content (AvgIpc) is 2.71. The number of hydrogen-bond donors (Lipinski definition) is 1. The summed E-state index contributed by atoms with van der Waals surface area (Å²) in [6.45, 7) is 2.28. The van der Waals surface area contributed by atoms with E-state index in [0.29, 0.717) is 5.02 Å². The number of hydrogen-bond acceptors (Lipinski definition) is 2. The highest BCUT2D eigenvalue weighted by molar-refractivity contribution is 6.32. The van der Waals surface area contributed by atoms with Crippen LogP contribution in [0.25, 0.3) is 0 Å². The van der Waals surface area contributed by atoms with E-state index in [1.807, 2.05) is 12.1 Å². The van der Waals surface area contributed by atoms with Gasteiger partial charge in [0.25, 0.3) is 0 Å². The molecule has 3 heteroatoms. The van der Waals surface area contributed by atoms with Gasteiger partial charge in [-0.15, -0.1) is 0 Å². The van der Waals surface area contributed by atoms with Crippen molar-refractivity contribution in [3.8, 4) is 5.75 Å². The summed E-state index contributed by atoms with van der Waals surface area (Å²) in [5, 5.41) is 4.08. The SMILES string of the molecule is COc1ccc(CC2CCNC2)cc1Cl. The molecule has 1 saturated heterocycles. The van der Waals surface area contributed by atoms with Crippen molar-refractivity contribution in [2.45, 2.75) is 12.8 Å². The van der Waals surface area contributed by atoms with E-state index >= 15 is 0 Å². The van der Waals surface area contributed by atoms with Crippen LogP contribution in [-0.4, -0.2) is 20.2 Å². The Morgan fingerprint density at radius 1 is 1.53 bits per heavy atom. The first-order chi connectivity index (χ1) is 7.29. The van der Waals surface area contributed by atoms with Gasteiger partial charge in [0.15, 0.2) is 0 Å². The fourth-order valence-electron chi connectivity index (χ4n) is 2.06. The van der Waals surface area contributed by atoms with E-state index in [1.165, 1.54) is 12.0 Å². The van der Waals surface area contributed by atoms with Crippen molar-refractivity contribution in [1.29, 1.82) is 0 Å². The van der Waals surface area contributed by atoms with Crippen LogP contribution in [0.15, 0.2) is 18.2 Å². The summed E-state index contributed by atoms with van der Waals surface area (Å²) in [4.78, 5) is 0. The minimum atomic E-state index is 0.709. The first kappa shape index (κ1) is 10.8. The molecular weight excluding hydrogens is 210 g/mol. The minimum Gasteiger partial charge on any atom is -0.495 e. The van der Waals surface area contributed by atoms with E-state index in [-0.39, 0.29) is 0 Å². The maximum absolute atomic E-state index is 6.07. The summed E-state index contributed by atoms with van der Waals surface area (Å²) in [6, 6.07) is 6.06. The normalized spacial score (nSPS) is 20.5. The van der Waals surface area contributed by atoms with Gasteiger partial charge in [-0.3, -0.25) is 0 Å². The predicted molar refractivity (Wildman–Crippen MR) is 62.7 cm³/mol. The maximum atomic E-state index is 6.07. The number of rotatable bonds is 3. The van der Waals surface area contributed by atoms with Crippen molar-refractivity contribution in [3.05, 3.63) is 28.8 Å². The third kappa shape index (κ3) is 2.64. The fraction of sp³-hybridized carbons (Fsp3) is 0.500. The van der Waals surface area contributed by atoms with Gasteiger partial charge in [-0.05, 0) is 49.5 Å². The highest BCUT2D eigenvalue weighted by Gasteiger charge is 2.15. The molecule has 1 aromatic carbocycles. The number of nitrogens with one attached hydrogen (secondary N) is 1. The van der Waals surface area contributed by atoms with Gasteiger partial charge in [0.2, 0.25) is 0 Å². The van der Waals surface area contributed by atoms with Crippen LogP contribution in [0, 0.1) is 5.92 Å². The molecule has 0 amide bonds. The Morgan fingerprint density at radius 3 is 3.00 bits per heavy atom. The molecule has 1 fully saturated rings. The molecule has 1 heterocycles. The quantitative estimate of drug-likeness (QED) is 0.854. The van der Waals surface area contributed by atoms with Gasteiger partial charge in [-0.2, -0.15) is 0 Å². The van der Waals surface area contributed by atoms with Crippen molar-refractivity contribution in [3.63, 3.8) is 0 Å². The monoisotopic (exact) mass is 225 g/mol. The van der Waals surface area contributed by atoms with Crippen molar-refractivity contribution in [2.75, 3.05) is 20.2 Å². The molecule has 1 aliphatic rings.